The Kier molecular flexibility index (Phi) is 4.65. The predicted octanol–water partition coefficient (Wildman–Crippen LogP) is 3.79. The van der Waals surface area contributed by atoms with Crippen LogP contribution in [0.15, 0.2) is 54.6 Å². The molecule has 5 heteroatoms. The van der Waals surface area contributed by atoms with Crippen molar-refractivity contribution in [3.05, 3.63) is 82.7 Å². The molecule has 2 aromatic carbocycles. The van der Waals surface area contributed by atoms with E-state index in [0.29, 0.717) is 36.2 Å². The number of amides is 1. The Morgan fingerprint density at radius 1 is 0.964 bits per heavy atom. The number of fused-ring (bicyclic) bond motifs is 1. The fourth-order valence-corrected chi connectivity index (χ4v) is 3.45. The van der Waals surface area contributed by atoms with Crippen molar-refractivity contribution in [3.63, 3.8) is 0 Å². The minimum atomic E-state index is -0.226. The summed E-state index contributed by atoms with van der Waals surface area (Å²) in [5.41, 5.74) is 5.57. The number of nitrogens with one attached hydrogen (secondary N) is 2. The van der Waals surface area contributed by atoms with Gasteiger partial charge in [-0.3, -0.25) is 14.4 Å². The van der Waals surface area contributed by atoms with E-state index in [-0.39, 0.29) is 17.5 Å². The number of aromatic nitrogens is 1. The third-order valence-electron chi connectivity index (χ3n) is 5.01. The Morgan fingerprint density at radius 2 is 1.61 bits per heavy atom. The zero-order valence-electron chi connectivity index (χ0n) is 15.5. The van der Waals surface area contributed by atoms with Gasteiger partial charge in [0.25, 0.3) is 5.91 Å². The molecule has 0 fully saturated rings. The van der Waals surface area contributed by atoms with Gasteiger partial charge in [-0.05, 0) is 29.7 Å². The van der Waals surface area contributed by atoms with Gasteiger partial charge in [-0.1, -0.05) is 48.5 Å². The number of carbonyl (C=O) groups is 3. The monoisotopic (exact) mass is 372 g/mol. The van der Waals surface area contributed by atoms with Crippen molar-refractivity contribution in [3.8, 4) is 11.1 Å². The average Bonchev–Trinajstić information content (AvgIpc) is 3.07. The largest absolute Gasteiger partial charge is 0.354 e. The predicted molar refractivity (Wildman–Crippen MR) is 107 cm³/mol. The second-order valence-electron chi connectivity index (χ2n) is 7.02. The number of benzene rings is 2. The van der Waals surface area contributed by atoms with Crippen molar-refractivity contribution in [2.45, 2.75) is 19.8 Å². The fraction of sp³-hybridized carbons (Fsp3) is 0.174. The average molecular weight is 372 g/mol. The van der Waals surface area contributed by atoms with Crippen LogP contribution in [-0.2, 0) is 6.42 Å². The van der Waals surface area contributed by atoms with E-state index in [2.05, 4.69) is 10.3 Å². The second-order valence-corrected chi connectivity index (χ2v) is 7.02. The van der Waals surface area contributed by atoms with E-state index in [1.54, 1.807) is 13.0 Å². The van der Waals surface area contributed by atoms with E-state index < -0.39 is 0 Å². The summed E-state index contributed by atoms with van der Waals surface area (Å²) in [5.74, 6) is -0.185. The lowest BCUT2D eigenvalue weighted by Gasteiger charge is -2.05. The maximum atomic E-state index is 12.2. The fourth-order valence-electron chi connectivity index (χ4n) is 3.45. The van der Waals surface area contributed by atoms with Crippen LogP contribution in [0, 0.1) is 0 Å². The van der Waals surface area contributed by atoms with Crippen LogP contribution in [0.25, 0.3) is 11.1 Å². The summed E-state index contributed by atoms with van der Waals surface area (Å²) in [6, 6.07) is 17.5. The molecule has 0 aliphatic carbocycles. The lowest BCUT2D eigenvalue weighted by atomic mass is 10.0. The topological polar surface area (TPSA) is 79.0 Å². The van der Waals surface area contributed by atoms with Crippen LogP contribution in [0.1, 0.15) is 55.8 Å². The van der Waals surface area contributed by atoms with E-state index >= 15 is 0 Å². The first-order valence-electron chi connectivity index (χ1n) is 9.25. The highest BCUT2D eigenvalue weighted by Crippen LogP contribution is 2.23. The van der Waals surface area contributed by atoms with Crippen molar-refractivity contribution in [1.82, 2.24) is 10.3 Å². The third kappa shape index (κ3) is 3.51. The summed E-state index contributed by atoms with van der Waals surface area (Å²) < 4.78 is 0. The minimum absolute atomic E-state index is 0.0137. The molecule has 5 nitrogen and oxygen atoms in total. The van der Waals surface area contributed by atoms with Crippen molar-refractivity contribution in [1.29, 1.82) is 0 Å². The van der Waals surface area contributed by atoms with Crippen molar-refractivity contribution >= 4 is 17.5 Å². The van der Waals surface area contributed by atoms with Crippen molar-refractivity contribution in [2.75, 3.05) is 6.54 Å². The standard InChI is InChI=1S/C23H20N2O3/c1-14(26)16-6-8-18(9-7-16)17-4-2-15(3-5-17)12-19-13-20-21(27)10-11-24-23(28)22(20)25-19/h2-9,13,25H,10-12H2,1H3,(H,24,28). The van der Waals surface area contributed by atoms with Crippen LogP contribution in [0.5, 0.6) is 0 Å². The Bertz CT molecular complexity index is 1030. The van der Waals surface area contributed by atoms with Gasteiger partial charge in [0.1, 0.15) is 5.69 Å². The molecular weight excluding hydrogens is 352 g/mol. The number of carbonyl (C=O) groups excluding carboxylic acids is 3. The van der Waals surface area contributed by atoms with Gasteiger partial charge in [-0.15, -0.1) is 0 Å². The van der Waals surface area contributed by atoms with Gasteiger partial charge in [-0.25, -0.2) is 0 Å². The normalized spacial score (nSPS) is 13.6. The highest BCUT2D eigenvalue weighted by Gasteiger charge is 2.23. The van der Waals surface area contributed by atoms with Gasteiger partial charge in [-0.2, -0.15) is 0 Å². The van der Waals surface area contributed by atoms with E-state index in [4.69, 9.17) is 0 Å². The Balaban J connectivity index is 1.53. The SMILES string of the molecule is CC(=O)c1ccc(-c2ccc(Cc3cc4c([nH]3)C(=O)NCCC4=O)cc2)cc1. The summed E-state index contributed by atoms with van der Waals surface area (Å²) in [6.45, 7) is 1.94. The second kappa shape index (κ2) is 7.27. The van der Waals surface area contributed by atoms with E-state index in [1.165, 1.54) is 0 Å². The van der Waals surface area contributed by atoms with Gasteiger partial charge in [0.2, 0.25) is 0 Å². The molecule has 0 unspecified atom stereocenters. The molecule has 1 aromatic heterocycles. The summed E-state index contributed by atoms with van der Waals surface area (Å²) in [5, 5.41) is 2.73. The maximum Gasteiger partial charge on any atom is 0.268 e. The van der Waals surface area contributed by atoms with Crippen molar-refractivity contribution < 1.29 is 14.4 Å². The lowest BCUT2D eigenvalue weighted by molar-refractivity contribution is 0.0950. The van der Waals surface area contributed by atoms with Crippen LogP contribution in [-0.4, -0.2) is 29.0 Å². The highest BCUT2D eigenvalue weighted by atomic mass is 16.2. The number of hydrogen-bond acceptors (Lipinski definition) is 3. The zero-order valence-corrected chi connectivity index (χ0v) is 15.5. The van der Waals surface area contributed by atoms with Crippen LogP contribution >= 0.6 is 0 Å². The first-order chi connectivity index (χ1) is 13.5. The van der Waals surface area contributed by atoms with Gasteiger partial charge < -0.3 is 10.3 Å². The molecule has 0 saturated heterocycles. The summed E-state index contributed by atoms with van der Waals surface area (Å²) in [7, 11) is 0. The summed E-state index contributed by atoms with van der Waals surface area (Å²) >= 11 is 0. The van der Waals surface area contributed by atoms with Gasteiger partial charge in [0, 0.05) is 36.2 Å². The zero-order chi connectivity index (χ0) is 19.7. The van der Waals surface area contributed by atoms with Crippen LogP contribution < -0.4 is 5.32 Å². The molecule has 0 radical (unpaired) electrons. The van der Waals surface area contributed by atoms with Crippen molar-refractivity contribution in [2.24, 2.45) is 0 Å². The van der Waals surface area contributed by atoms with E-state index in [0.717, 1.165) is 22.4 Å². The minimum Gasteiger partial charge on any atom is -0.354 e. The Morgan fingerprint density at radius 3 is 2.25 bits per heavy atom. The van der Waals surface area contributed by atoms with Crippen LogP contribution in [0.2, 0.25) is 0 Å². The summed E-state index contributed by atoms with van der Waals surface area (Å²) in [6.07, 6.45) is 0.935. The molecule has 0 spiro atoms. The number of Topliss-reactive ketones (excluding diaryl/α,β-unsaturated/α-hetero) is 2. The number of aromatic amines is 1. The number of ketones is 2. The summed E-state index contributed by atoms with van der Waals surface area (Å²) in [4.78, 5) is 38.7. The van der Waals surface area contributed by atoms with E-state index in [9.17, 15) is 14.4 Å². The third-order valence-corrected chi connectivity index (χ3v) is 5.01. The first kappa shape index (κ1) is 17.9. The molecule has 28 heavy (non-hydrogen) atoms. The molecule has 3 aromatic rings. The van der Waals surface area contributed by atoms with E-state index in [1.807, 2.05) is 48.5 Å². The maximum absolute atomic E-state index is 12.2. The number of rotatable bonds is 4. The molecule has 0 saturated carbocycles. The highest BCUT2D eigenvalue weighted by molar-refractivity contribution is 6.09. The molecule has 1 amide bonds. The van der Waals surface area contributed by atoms with Gasteiger partial charge in [0.15, 0.2) is 11.6 Å². The quantitative estimate of drug-likeness (QED) is 0.684. The van der Waals surface area contributed by atoms with Gasteiger partial charge >= 0.3 is 0 Å². The number of hydrogen-bond donors (Lipinski definition) is 2. The van der Waals surface area contributed by atoms with Gasteiger partial charge in [0.05, 0.1) is 0 Å². The lowest BCUT2D eigenvalue weighted by Crippen LogP contribution is -2.23. The first-order valence-corrected chi connectivity index (χ1v) is 9.25. The Hall–Kier alpha value is -3.47. The molecule has 4 rings (SSSR count). The molecule has 0 atom stereocenters. The number of H-pyrrole nitrogens is 1. The van der Waals surface area contributed by atoms with Crippen LogP contribution in [0.4, 0.5) is 0 Å². The molecule has 2 N–H and O–H groups in total. The molecule has 2 heterocycles. The molecule has 0 bridgehead atoms. The Labute approximate surface area is 162 Å². The van der Waals surface area contributed by atoms with Crippen LogP contribution in [0.3, 0.4) is 0 Å². The molecule has 140 valence electrons. The molecular formula is C23H20N2O3. The smallest absolute Gasteiger partial charge is 0.268 e. The molecule has 1 aliphatic rings. The molecule has 1 aliphatic heterocycles.